The van der Waals surface area contributed by atoms with E-state index in [0.717, 1.165) is 0 Å². The number of nitrogens with zero attached hydrogens (tertiary/aromatic N) is 1. The fraction of sp³-hybridized carbons (Fsp3) is 0.636. The first-order chi connectivity index (χ1) is 7.56. The minimum Gasteiger partial charge on any atom is -0.481 e. The summed E-state index contributed by atoms with van der Waals surface area (Å²) in [6.07, 6.45) is 2.14. The van der Waals surface area contributed by atoms with Crippen molar-refractivity contribution >= 4 is 12.0 Å². The van der Waals surface area contributed by atoms with E-state index in [0.29, 0.717) is 19.5 Å². The van der Waals surface area contributed by atoms with Crippen molar-refractivity contribution < 1.29 is 14.7 Å². The van der Waals surface area contributed by atoms with E-state index in [2.05, 4.69) is 11.9 Å². The van der Waals surface area contributed by atoms with Gasteiger partial charge in [-0.2, -0.15) is 0 Å². The molecule has 0 bridgehead atoms. The molecular weight excluding hydrogens is 208 g/mol. The van der Waals surface area contributed by atoms with Gasteiger partial charge in [0.15, 0.2) is 0 Å². The predicted octanol–water partition coefficient (Wildman–Crippen LogP) is 1.31. The molecular formula is C11H20N2O3. The maximum Gasteiger partial charge on any atom is 0.317 e. The van der Waals surface area contributed by atoms with Crippen LogP contribution < -0.4 is 5.32 Å². The number of rotatable bonds is 7. The summed E-state index contributed by atoms with van der Waals surface area (Å²) in [6, 6.07) is -0.248. The second kappa shape index (κ2) is 7.73. The zero-order chi connectivity index (χ0) is 12.6. The van der Waals surface area contributed by atoms with E-state index in [-0.39, 0.29) is 12.6 Å². The Morgan fingerprint density at radius 1 is 1.50 bits per heavy atom. The molecule has 2 amide bonds. The zero-order valence-corrected chi connectivity index (χ0v) is 9.90. The van der Waals surface area contributed by atoms with Gasteiger partial charge in [-0.25, -0.2) is 4.79 Å². The third-order valence-electron chi connectivity index (χ3n) is 2.36. The van der Waals surface area contributed by atoms with Gasteiger partial charge in [0.2, 0.25) is 0 Å². The van der Waals surface area contributed by atoms with E-state index in [1.54, 1.807) is 17.9 Å². The van der Waals surface area contributed by atoms with Crippen LogP contribution in [0.4, 0.5) is 4.79 Å². The summed E-state index contributed by atoms with van der Waals surface area (Å²) in [6.45, 7) is 8.40. The Kier molecular flexibility index (Phi) is 7.00. The van der Waals surface area contributed by atoms with Crippen LogP contribution in [-0.2, 0) is 4.79 Å². The molecule has 0 heterocycles. The largest absolute Gasteiger partial charge is 0.481 e. The molecule has 1 unspecified atom stereocenters. The summed E-state index contributed by atoms with van der Waals surface area (Å²) in [5.41, 5.74) is 0. The van der Waals surface area contributed by atoms with Gasteiger partial charge in [-0.1, -0.05) is 13.0 Å². The lowest BCUT2D eigenvalue weighted by molar-refractivity contribution is -0.141. The standard InChI is InChI=1S/C11H20N2O3/c1-4-7-13(6-3)11(16)12-8-9(5-2)10(14)15/h4,9H,1,5-8H2,2-3H3,(H,12,16)(H,14,15). The Morgan fingerprint density at radius 3 is 2.50 bits per heavy atom. The molecule has 0 aliphatic carbocycles. The fourth-order valence-corrected chi connectivity index (χ4v) is 1.24. The number of hydrogen-bond acceptors (Lipinski definition) is 2. The summed E-state index contributed by atoms with van der Waals surface area (Å²) in [4.78, 5) is 23.9. The first-order valence-electron chi connectivity index (χ1n) is 5.43. The van der Waals surface area contributed by atoms with Crippen molar-refractivity contribution in [2.75, 3.05) is 19.6 Å². The van der Waals surface area contributed by atoms with E-state index in [1.807, 2.05) is 6.92 Å². The first kappa shape index (κ1) is 14.5. The summed E-state index contributed by atoms with van der Waals surface area (Å²) < 4.78 is 0. The average Bonchev–Trinajstić information content (AvgIpc) is 2.25. The van der Waals surface area contributed by atoms with Gasteiger partial charge >= 0.3 is 12.0 Å². The molecule has 5 nitrogen and oxygen atoms in total. The number of aliphatic carboxylic acids is 1. The van der Waals surface area contributed by atoms with E-state index in [1.165, 1.54) is 0 Å². The summed E-state index contributed by atoms with van der Waals surface area (Å²) in [5, 5.41) is 11.4. The molecule has 5 heteroatoms. The normalized spacial score (nSPS) is 11.6. The van der Waals surface area contributed by atoms with Gasteiger partial charge in [0.25, 0.3) is 0 Å². The molecule has 92 valence electrons. The molecule has 0 aromatic carbocycles. The van der Waals surface area contributed by atoms with Crippen molar-refractivity contribution in [1.82, 2.24) is 10.2 Å². The minimum absolute atomic E-state index is 0.165. The van der Waals surface area contributed by atoms with Crippen LogP contribution in [0.25, 0.3) is 0 Å². The highest BCUT2D eigenvalue weighted by atomic mass is 16.4. The Morgan fingerprint density at radius 2 is 2.12 bits per heavy atom. The molecule has 0 rings (SSSR count). The number of urea groups is 1. The molecule has 0 aromatic heterocycles. The maximum atomic E-state index is 11.6. The van der Waals surface area contributed by atoms with Gasteiger partial charge in [0.1, 0.15) is 0 Å². The molecule has 0 aliphatic rings. The first-order valence-corrected chi connectivity index (χ1v) is 5.43. The van der Waals surface area contributed by atoms with E-state index >= 15 is 0 Å². The number of likely N-dealkylation sites (N-methyl/N-ethyl adjacent to an activating group) is 1. The third kappa shape index (κ3) is 4.82. The number of nitrogens with one attached hydrogen (secondary N) is 1. The molecule has 0 spiro atoms. The van der Waals surface area contributed by atoms with Gasteiger partial charge in [-0.15, -0.1) is 6.58 Å². The number of amides is 2. The summed E-state index contributed by atoms with van der Waals surface area (Å²) in [7, 11) is 0. The lowest BCUT2D eigenvalue weighted by Crippen LogP contribution is -2.42. The Labute approximate surface area is 96.1 Å². The molecule has 16 heavy (non-hydrogen) atoms. The van der Waals surface area contributed by atoms with Crippen LogP contribution in [0, 0.1) is 5.92 Å². The number of carbonyl (C=O) groups excluding carboxylic acids is 1. The zero-order valence-electron chi connectivity index (χ0n) is 9.90. The SMILES string of the molecule is C=CCN(CC)C(=O)NCC(CC)C(=O)O. The van der Waals surface area contributed by atoms with E-state index in [4.69, 9.17) is 5.11 Å². The Balaban J connectivity index is 4.12. The highest BCUT2D eigenvalue weighted by Crippen LogP contribution is 2.01. The van der Waals surface area contributed by atoms with Gasteiger partial charge in [0.05, 0.1) is 5.92 Å². The van der Waals surface area contributed by atoms with Crippen molar-refractivity contribution in [1.29, 1.82) is 0 Å². The van der Waals surface area contributed by atoms with Gasteiger partial charge in [0, 0.05) is 19.6 Å². The quantitative estimate of drug-likeness (QED) is 0.645. The lowest BCUT2D eigenvalue weighted by atomic mass is 10.1. The van der Waals surface area contributed by atoms with E-state index in [9.17, 15) is 9.59 Å². The second-order valence-electron chi connectivity index (χ2n) is 3.46. The maximum absolute atomic E-state index is 11.6. The molecule has 1 atom stereocenters. The van der Waals surface area contributed by atoms with Crippen LogP contribution >= 0.6 is 0 Å². The second-order valence-corrected chi connectivity index (χ2v) is 3.46. The average molecular weight is 228 g/mol. The molecule has 0 saturated heterocycles. The van der Waals surface area contributed by atoms with Crippen LogP contribution in [0.3, 0.4) is 0 Å². The van der Waals surface area contributed by atoms with Crippen LogP contribution in [0.1, 0.15) is 20.3 Å². The molecule has 0 aromatic rings. The number of carboxylic acids is 1. The number of hydrogen-bond donors (Lipinski definition) is 2. The molecule has 0 saturated carbocycles. The Hall–Kier alpha value is -1.52. The smallest absolute Gasteiger partial charge is 0.317 e. The van der Waals surface area contributed by atoms with Crippen molar-refractivity contribution in [2.45, 2.75) is 20.3 Å². The molecule has 0 fully saturated rings. The van der Waals surface area contributed by atoms with Crippen molar-refractivity contribution in [3.8, 4) is 0 Å². The summed E-state index contributed by atoms with van der Waals surface area (Å²) >= 11 is 0. The highest BCUT2D eigenvalue weighted by Gasteiger charge is 2.17. The fourth-order valence-electron chi connectivity index (χ4n) is 1.24. The van der Waals surface area contributed by atoms with Crippen molar-refractivity contribution in [3.63, 3.8) is 0 Å². The number of carboxylic acid groups (broad SMARTS) is 1. The predicted molar refractivity (Wildman–Crippen MR) is 62.3 cm³/mol. The Bertz CT molecular complexity index is 254. The molecule has 2 N–H and O–H groups in total. The summed E-state index contributed by atoms with van der Waals surface area (Å²) in [5.74, 6) is -1.40. The van der Waals surface area contributed by atoms with E-state index < -0.39 is 11.9 Å². The monoisotopic (exact) mass is 228 g/mol. The van der Waals surface area contributed by atoms with Gasteiger partial charge in [-0.3, -0.25) is 4.79 Å². The highest BCUT2D eigenvalue weighted by molar-refractivity contribution is 5.76. The lowest BCUT2D eigenvalue weighted by Gasteiger charge is -2.20. The van der Waals surface area contributed by atoms with Gasteiger partial charge < -0.3 is 15.3 Å². The van der Waals surface area contributed by atoms with Crippen LogP contribution in [0.5, 0.6) is 0 Å². The van der Waals surface area contributed by atoms with Crippen LogP contribution in [0.15, 0.2) is 12.7 Å². The minimum atomic E-state index is -0.880. The van der Waals surface area contributed by atoms with Crippen molar-refractivity contribution in [3.05, 3.63) is 12.7 Å². The topological polar surface area (TPSA) is 69.6 Å². The molecule has 0 aliphatic heterocycles. The number of carbonyl (C=O) groups is 2. The third-order valence-corrected chi connectivity index (χ3v) is 2.36. The van der Waals surface area contributed by atoms with Gasteiger partial charge in [-0.05, 0) is 13.3 Å². The van der Waals surface area contributed by atoms with Crippen molar-refractivity contribution in [2.24, 2.45) is 5.92 Å². The van der Waals surface area contributed by atoms with Crippen LogP contribution in [0.2, 0.25) is 0 Å². The molecule has 0 radical (unpaired) electrons. The van der Waals surface area contributed by atoms with Crippen LogP contribution in [-0.4, -0.2) is 41.6 Å².